The van der Waals surface area contributed by atoms with Crippen LogP contribution in [0.2, 0.25) is 0 Å². The van der Waals surface area contributed by atoms with Crippen LogP contribution in [0, 0.1) is 0 Å². The van der Waals surface area contributed by atoms with E-state index >= 15 is 0 Å². The number of hydrogen-bond acceptors (Lipinski definition) is 3. The number of fused-ring (bicyclic) bond motifs is 1. The van der Waals surface area contributed by atoms with Gasteiger partial charge in [-0.25, -0.2) is 0 Å². The molecule has 2 aliphatic rings. The molecule has 3 rings (SSSR count). The molecule has 1 aromatic rings. The van der Waals surface area contributed by atoms with E-state index in [1.54, 1.807) is 0 Å². The van der Waals surface area contributed by atoms with Gasteiger partial charge in [-0.15, -0.1) is 0 Å². The number of amides is 1. The lowest BCUT2D eigenvalue weighted by atomic mass is 10.1. The van der Waals surface area contributed by atoms with Crippen molar-refractivity contribution in [2.75, 3.05) is 31.5 Å². The molecule has 2 aliphatic heterocycles. The number of nitrogens with zero attached hydrogens (tertiary/aromatic N) is 1. The van der Waals surface area contributed by atoms with E-state index < -0.39 is 0 Å². The first-order chi connectivity index (χ1) is 9.83. The Labute approximate surface area is 120 Å². The molecule has 0 spiro atoms. The number of anilines is 1. The Kier molecular flexibility index (Phi) is 4.21. The quantitative estimate of drug-likeness (QED) is 0.876. The van der Waals surface area contributed by atoms with E-state index in [0.29, 0.717) is 0 Å². The summed E-state index contributed by atoms with van der Waals surface area (Å²) in [5.41, 5.74) is 2.34. The number of benzene rings is 1. The fourth-order valence-corrected chi connectivity index (χ4v) is 3.10. The number of para-hydroxylation sites is 1. The van der Waals surface area contributed by atoms with Gasteiger partial charge in [0.1, 0.15) is 6.04 Å². The summed E-state index contributed by atoms with van der Waals surface area (Å²) >= 11 is 0. The van der Waals surface area contributed by atoms with Crippen LogP contribution in [0.3, 0.4) is 0 Å². The molecule has 1 saturated heterocycles. The summed E-state index contributed by atoms with van der Waals surface area (Å²) in [6, 6.07) is 8.05. The number of rotatable bonds is 4. The highest BCUT2D eigenvalue weighted by Gasteiger charge is 2.25. The molecule has 1 aromatic carbocycles. The standard InChI is InChI=1S/C16H23N3O/c20-16(17-8-11-19-9-4-1-5-10-19)15-12-13-6-2-3-7-14(13)18-15/h2-3,6-7,15,18H,1,4-5,8-12H2,(H,17,20)/t15-/m0/s1. The molecule has 0 aromatic heterocycles. The summed E-state index contributed by atoms with van der Waals surface area (Å²) in [7, 11) is 0. The molecule has 2 N–H and O–H groups in total. The fraction of sp³-hybridized carbons (Fsp3) is 0.562. The van der Waals surface area contributed by atoms with Crippen LogP contribution in [-0.2, 0) is 11.2 Å². The maximum absolute atomic E-state index is 12.2. The highest BCUT2D eigenvalue weighted by atomic mass is 16.2. The second kappa shape index (κ2) is 6.27. The van der Waals surface area contributed by atoms with E-state index in [1.165, 1.54) is 37.9 Å². The predicted octanol–water partition coefficient (Wildman–Crippen LogP) is 1.63. The third-order valence-electron chi connectivity index (χ3n) is 4.26. The second-order valence-corrected chi connectivity index (χ2v) is 5.75. The van der Waals surface area contributed by atoms with Crippen LogP contribution in [0.1, 0.15) is 24.8 Å². The third kappa shape index (κ3) is 3.12. The van der Waals surface area contributed by atoms with Crippen LogP contribution in [0.5, 0.6) is 0 Å². The Morgan fingerprint density at radius 1 is 1.25 bits per heavy atom. The maximum atomic E-state index is 12.2. The van der Waals surface area contributed by atoms with E-state index in [2.05, 4.69) is 21.6 Å². The van der Waals surface area contributed by atoms with Crippen molar-refractivity contribution in [1.82, 2.24) is 10.2 Å². The molecule has 4 nitrogen and oxygen atoms in total. The van der Waals surface area contributed by atoms with Crippen LogP contribution in [0.15, 0.2) is 24.3 Å². The monoisotopic (exact) mass is 273 g/mol. The molecule has 1 amide bonds. The average Bonchev–Trinajstić information content (AvgIpc) is 2.92. The highest BCUT2D eigenvalue weighted by molar-refractivity contribution is 5.87. The number of nitrogens with one attached hydrogen (secondary N) is 2. The second-order valence-electron chi connectivity index (χ2n) is 5.75. The molecule has 0 aliphatic carbocycles. The zero-order chi connectivity index (χ0) is 13.8. The minimum Gasteiger partial charge on any atom is -0.373 e. The largest absolute Gasteiger partial charge is 0.373 e. The van der Waals surface area contributed by atoms with Crippen molar-refractivity contribution in [3.05, 3.63) is 29.8 Å². The van der Waals surface area contributed by atoms with Crippen LogP contribution in [-0.4, -0.2) is 43.0 Å². The van der Waals surface area contributed by atoms with Crippen molar-refractivity contribution >= 4 is 11.6 Å². The van der Waals surface area contributed by atoms with Crippen molar-refractivity contribution in [2.45, 2.75) is 31.7 Å². The van der Waals surface area contributed by atoms with Gasteiger partial charge >= 0.3 is 0 Å². The summed E-state index contributed by atoms with van der Waals surface area (Å²) in [6.45, 7) is 4.10. The van der Waals surface area contributed by atoms with Gasteiger partial charge in [-0.05, 0) is 37.6 Å². The molecule has 0 unspecified atom stereocenters. The van der Waals surface area contributed by atoms with Gasteiger partial charge in [0.2, 0.25) is 5.91 Å². The molecular formula is C16H23N3O. The van der Waals surface area contributed by atoms with Gasteiger partial charge in [0.05, 0.1) is 0 Å². The van der Waals surface area contributed by atoms with E-state index in [4.69, 9.17) is 0 Å². The molecular weight excluding hydrogens is 250 g/mol. The van der Waals surface area contributed by atoms with E-state index in [9.17, 15) is 4.79 Å². The zero-order valence-electron chi connectivity index (χ0n) is 11.9. The van der Waals surface area contributed by atoms with Crippen LogP contribution >= 0.6 is 0 Å². The summed E-state index contributed by atoms with van der Waals surface area (Å²) in [4.78, 5) is 14.6. The van der Waals surface area contributed by atoms with Crippen molar-refractivity contribution in [3.8, 4) is 0 Å². The molecule has 2 heterocycles. The van der Waals surface area contributed by atoms with Gasteiger partial charge < -0.3 is 15.5 Å². The first-order valence-corrected chi connectivity index (χ1v) is 7.67. The Bertz CT molecular complexity index is 444. The van der Waals surface area contributed by atoms with Crippen molar-refractivity contribution in [3.63, 3.8) is 0 Å². The maximum Gasteiger partial charge on any atom is 0.242 e. The van der Waals surface area contributed by atoms with E-state index in [-0.39, 0.29) is 11.9 Å². The fourth-order valence-electron chi connectivity index (χ4n) is 3.10. The molecule has 0 saturated carbocycles. The van der Waals surface area contributed by atoms with Crippen molar-refractivity contribution in [2.24, 2.45) is 0 Å². The van der Waals surface area contributed by atoms with Gasteiger partial charge in [-0.3, -0.25) is 4.79 Å². The molecule has 1 atom stereocenters. The molecule has 0 radical (unpaired) electrons. The smallest absolute Gasteiger partial charge is 0.242 e. The normalized spacial score (nSPS) is 22.1. The molecule has 0 bridgehead atoms. The minimum absolute atomic E-state index is 0.103. The molecule has 4 heteroatoms. The Morgan fingerprint density at radius 2 is 2.05 bits per heavy atom. The van der Waals surface area contributed by atoms with Gasteiger partial charge in [0.15, 0.2) is 0 Å². The lowest BCUT2D eigenvalue weighted by Crippen LogP contribution is -2.43. The van der Waals surface area contributed by atoms with Gasteiger partial charge in [-0.1, -0.05) is 24.6 Å². The van der Waals surface area contributed by atoms with Gasteiger partial charge in [0, 0.05) is 25.2 Å². The first-order valence-electron chi connectivity index (χ1n) is 7.67. The summed E-state index contributed by atoms with van der Waals surface area (Å²) in [6.07, 6.45) is 4.75. The average molecular weight is 273 g/mol. The lowest BCUT2D eigenvalue weighted by Gasteiger charge is -2.26. The van der Waals surface area contributed by atoms with E-state index in [0.717, 1.165) is 25.2 Å². The molecule has 108 valence electrons. The summed E-state index contributed by atoms with van der Waals surface area (Å²) in [5, 5.41) is 6.36. The Hall–Kier alpha value is -1.55. The third-order valence-corrected chi connectivity index (χ3v) is 4.26. The Morgan fingerprint density at radius 3 is 2.85 bits per heavy atom. The minimum atomic E-state index is -0.103. The molecule has 20 heavy (non-hydrogen) atoms. The summed E-state index contributed by atoms with van der Waals surface area (Å²) in [5.74, 6) is 0.123. The molecule has 1 fully saturated rings. The number of likely N-dealkylation sites (tertiary alicyclic amines) is 1. The predicted molar refractivity (Wildman–Crippen MR) is 80.9 cm³/mol. The van der Waals surface area contributed by atoms with Gasteiger partial charge in [0.25, 0.3) is 0 Å². The first kappa shape index (κ1) is 13.4. The Balaban J connectivity index is 1.42. The SMILES string of the molecule is O=C(NCCN1CCCCC1)[C@@H]1Cc2ccccc2N1. The topological polar surface area (TPSA) is 44.4 Å². The van der Waals surface area contributed by atoms with Crippen LogP contribution in [0.25, 0.3) is 0 Å². The number of hydrogen-bond donors (Lipinski definition) is 2. The van der Waals surface area contributed by atoms with Crippen LogP contribution < -0.4 is 10.6 Å². The lowest BCUT2D eigenvalue weighted by molar-refractivity contribution is -0.121. The van der Waals surface area contributed by atoms with Crippen molar-refractivity contribution in [1.29, 1.82) is 0 Å². The van der Waals surface area contributed by atoms with Gasteiger partial charge in [-0.2, -0.15) is 0 Å². The zero-order valence-corrected chi connectivity index (χ0v) is 11.9. The number of piperidine rings is 1. The highest BCUT2D eigenvalue weighted by Crippen LogP contribution is 2.24. The van der Waals surface area contributed by atoms with E-state index in [1.807, 2.05) is 18.2 Å². The van der Waals surface area contributed by atoms with Crippen molar-refractivity contribution < 1.29 is 4.79 Å². The number of carbonyl (C=O) groups is 1. The van der Waals surface area contributed by atoms with Crippen LogP contribution in [0.4, 0.5) is 5.69 Å². The number of carbonyl (C=O) groups excluding carboxylic acids is 1. The summed E-state index contributed by atoms with van der Waals surface area (Å²) < 4.78 is 0.